The van der Waals surface area contributed by atoms with E-state index in [-0.39, 0.29) is 17.5 Å². The van der Waals surface area contributed by atoms with Crippen LogP contribution in [0.3, 0.4) is 0 Å². The summed E-state index contributed by atoms with van der Waals surface area (Å²) < 4.78 is 0. The number of benzene rings is 1. The number of rotatable bonds is 3. The number of nitrogens with zero attached hydrogens (tertiary/aromatic N) is 1. The van der Waals surface area contributed by atoms with E-state index in [2.05, 4.69) is 36.1 Å². The first-order chi connectivity index (χ1) is 15.2. The van der Waals surface area contributed by atoms with Gasteiger partial charge in [-0.3, -0.25) is 9.59 Å². The molecule has 5 rings (SSSR count). The van der Waals surface area contributed by atoms with Crippen LogP contribution >= 0.6 is 0 Å². The van der Waals surface area contributed by atoms with Gasteiger partial charge in [-0.25, -0.2) is 0 Å². The Bertz CT molecular complexity index is 1030. The van der Waals surface area contributed by atoms with E-state index in [1.807, 2.05) is 20.2 Å². The molecule has 1 aromatic rings. The van der Waals surface area contributed by atoms with Crippen molar-refractivity contribution in [1.82, 2.24) is 0 Å². The van der Waals surface area contributed by atoms with E-state index < -0.39 is 11.0 Å². The van der Waals surface area contributed by atoms with Gasteiger partial charge >= 0.3 is 0 Å². The quantitative estimate of drug-likeness (QED) is 0.731. The van der Waals surface area contributed by atoms with Gasteiger partial charge in [0.1, 0.15) is 5.60 Å². The molecule has 0 aromatic heterocycles. The lowest BCUT2D eigenvalue weighted by Gasteiger charge is -2.54. The monoisotopic (exact) mass is 433 g/mol. The second kappa shape index (κ2) is 7.41. The summed E-state index contributed by atoms with van der Waals surface area (Å²) in [6, 6.07) is 8.78. The Balaban J connectivity index is 1.67. The molecule has 0 heterocycles. The van der Waals surface area contributed by atoms with E-state index >= 15 is 0 Å². The molecule has 5 atom stereocenters. The maximum Gasteiger partial charge on any atom is 0.161 e. The van der Waals surface area contributed by atoms with Gasteiger partial charge in [0.05, 0.1) is 0 Å². The maximum atomic E-state index is 12.7. The van der Waals surface area contributed by atoms with Crippen molar-refractivity contribution >= 4 is 17.3 Å². The Hall–Kier alpha value is -2.20. The summed E-state index contributed by atoms with van der Waals surface area (Å²) in [4.78, 5) is 27.0. The molecule has 0 spiro atoms. The summed E-state index contributed by atoms with van der Waals surface area (Å²) in [6.45, 7) is 3.74. The predicted molar refractivity (Wildman–Crippen MR) is 127 cm³/mol. The van der Waals surface area contributed by atoms with Crippen molar-refractivity contribution in [3.63, 3.8) is 0 Å². The fourth-order valence-electron chi connectivity index (χ4n) is 7.55. The standard InChI is InChI=1S/C28H35NO3/c1-17(30)28(32)14-13-25-23-11-7-19-15-21(31)10-12-22(19)26(23)24(16-27(25,28)2)18-5-8-20(9-6-18)29(3)4/h5-6,8-9,15,23-25,32H,7,10-14,16H2,1-4H3/t23?,24?,25?,27?,28-/m0/s1. The molecule has 0 amide bonds. The van der Waals surface area contributed by atoms with Gasteiger partial charge in [0.15, 0.2) is 11.6 Å². The highest BCUT2D eigenvalue weighted by atomic mass is 16.3. The highest BCUT2D eigenvalue weighted by Gasteiger charge is 2.64. The van der Waals surface area contributed by atoms with Gasteiger partial charge in [-0.1, -0.05) is 24.6 Å². The number of carbonyl (C=O) groups excluding carboxylic acids is 2. The Morgan fingerprint density at radius 1 is 1.09 bits per heavy atom. The fourth-order valence-corrected chi connectivity index (χ4v) is 7.55. The van der Waals surface area contributed by atoms with Crippen LogP contribution in [-0.2, 0) is 9.59 Å². The molecule has 4 nitrogen and oxygen atoms in total. The summed E-state index contributed by atoms with van der Waals surface area (Å²) >= 11 is 0. The topological polar surface area (TPSA) is 57.6 Å². The van der Waals surface area contributed by atoms with Crippen molar-refractivity contribution in [3.8, 4) is 0 Å². The summed E-state index contributed by atoms with van der Waals surface area (Å²) in [5.41, 5.74) is 4.91. The average molecular weight is 434 g/mol. The normalized spacial score (nSPS) is 36.2. The highest BCUT2D eigenvalue weighted by molar-refractivity contribution is 5.93. The van der Waals surface area contributed by atoms with E-state index in [9.17, 15) is 14.7 Å². The number of Topliss-reactive ketones (excluding diaryl/α,β-unsaturated/α-hetero) is 1. The van der Waals surface area contributed by atoms with E-state index in [0.717, 1.165) is 37.8 Å². The third-order valence-electron chi connectivity index (χ3n) is 9.28. The fraction of sp³-hybridized carbons (Fsp3) is 0.571. The third kappa shape index (κ3) is 2.98. The van der Waals surface area contributed by atoms with E-state index in [1.165, 1.54) is 22.3 Å². The molecule has 170 valence electrons. The predicted octanol–water partition coefficient (Wildman–Crippen LogP) is 4.97. The lowest BCUT2D eigenvalue weighted by Crippen LogP contribution is -2.55. The van der Waals surface area contributed by atoms with Crippen LogP contribution in [0.4, 0.5) is 5.69 Å². The van der Waals surface area contributed by atoms with Crippen LogP contribution in [0.5, 0.6) is 0 Å². The smallest absolute Gasteiger partial charge is 0.161 e. The first kappa shape index (κ1) is 21.6. The lowest BCUT2D eigenvalue weighted by atomic mass is 9.51. The number of allylic oxidation sites excluding steroid dienone is 4. The van der Waals surface area contributed by atoms with Gasteiger partial charge < -0.3 is 10.0 Å². The number of ketones is 2. The van der Waals surface area contributed by atoms with Crippen molar-refractivity contribution in [2.45, 2.75) is 70.3 Å². The Labute approximate surface area is 191 Å². The van der Waals surface area contributed by atoms with Crippen molar-refractivity contribution in [2.75, 3.05) is 19.0 Å². The second-order valence-corrected chi connectivity index (χ2v) is 10.9. The molecule has 2 fully saturated rings. The summed E-state index contributed by atoms with van der Waals surface area (Å²) in [5, 5.41) is 11.6. The average Bonchev–Trinajstić information content (AvgIpc) is 3.04. The van der Waals surface area contributed by atoms with Gasteiger partial charge in [-0.2, -0.15) is 0 Å². The van der Waals surface area contributed by atoms with Gasteiger partial charge in [0.25, 0.3) is 0 Å². The number of aliphatic hydroxyl groups is 1. The van der Waals surface area contributed by atoms with Crippen LogP contribution < -0.4 is 4.90 Å². The maximum absolute atomic E-state index is 12.7. The molecule has 32 heavy (non-hydrogen) atoms. The minimum atomic E-state index is -1.24. The number of hydrogen-bond acceptors (Lipinski definition) is 4. The molecule has 4 heteroatoms. The summed E-state index contributed by atoms with van der Waals surface area (Å²) in [6.07, 6.45) is 7.53. The van der Waals surface area contributed by atoms with Crippen molar-refractivity contribution in [3.05, 3.63) is 52.6 Å². The van der Waals surface area contributed by atoms with Crippen LogP contribution in [0, 0.1) is 17.3 Å². The minimum Gasteiger partial charge on any atom is -0.382 e. The minimum absolute atomic E-state index is 0.0834. The number of anilines is 1. The molecule has 2 saturated carbocycles. The molecular formula is C28H35NO3. The molecule has 0 bridgehead atoms. The first-order valence-corrected chi connectivity index (χ1v) is 12.1. The zero-order valence-corrected chi connectivity index (χ0v) is 19.8. The lowest BCUT2D eigenvalue weighted by molar-refractivity contribution is -0.152. The van der Waals surface area contributed by atoms with Gasteiger partial charge in [-0.15, -0.1) is 0 Å². The first-order valence-electron chi connectivity index (χ1n) is 12.1. The molecule has 1 N–H and O–H groups in total. The zero-order chi connectivity index (χ0) is 22.8. The van der Waals surface area contributed by atoms with Gasteiger partial charge in [-0.05, 0) is 92.2 Å². The van der Waals surface area contributed by atoms with E-state index in [4.69, 9.17) is 0 Å². The van der Waals surface area contributed by atoms with Crippen LogP contribution in [-0.4, -0.2) is 36.4 Å². The van der Waals surface area contributed by atoms with Crippen LogP contribution in [0.2, 0.25) is 0 Å². The number of hydrogen-bond donors (Lipinski definition) is 1. The Kier molecular flexibility index (Phi) is 5.01. The highest BCUT2D eigenvalue weighted by Crippen LogP contribution is 2.66. The molecule has 1 aromatic carbocycles. The largest absolute Gasteiger partial charge is 0.382 e. The summed E-state index contributed by atoms with van der Waals surface area (Å²) in [7, 11) is 4.09. The van der Waals surface area contributed by atoms with Gasteiger partial charge in [0.2, 0.25) is 0 Å². The zero-order valence-electron chi connectivity index (χ0n) is 19.8. The molecule has 0 radical (unpaired) electrons. The van der Waals surface area contributed by atoms with Crippen LogP contribution in [0.15, 0.2) is 47.1 Å². The molecular weight excluding hydrogens is 398 g/mol. The molecule has 0 saturated heterocycles. The number of carbonyl (C=O) groups is 2. The molecule has 4 aliphatic carbocycles. The van der Waals surface area contributed by atoms with E-state index in [1.54, 1.807) is 6.92 Å². The Morgan fingerprint density at radius 2 is 1.81 bits per heavy atom. The molecule has 0 aliphatic heterocycles. The number of fused-ring (bicyclic) bond motifs is 4. The van der Waals surface area contributed by atoms with Crippen LogP contribution in [0.1, 0.15) is 70.3 Å². The van der Waals surface area contributed by atoms with Gasteiger partial charge in [0, 0.05) is 37.5 Å². The Morgan fingerprint density at radius 3 is 2.47 bits per heavy atom. The second-order valence-electron chi connectivity index (χ2n) is 10.9. The van der Waals surface area contributed by atoms with Crippen LogP contribution in [0.25, 0.3) is 0 Å². The third-order valence-corrected chi connectivity index (χ3v) is 9.28. The van der Waals surface area contributed by atoms with Crippen molar-refractivity contribution < 1.29 is 14.7 Å². The van der Waals surface area contributed by atoms with E-state index in [0.29, 0.717) is 24.7 Å². The summed E-state index contributed by atoms with van der Waals surface area (Å²) in [5.74, 6) is 1.03. The van der Waals surface area contributed by atoms with Crippen molar-refractivity contribution in [2.24, 2.45) is 17.3 Å². The SMILES string of the molecule is CC(=O)[C@@]1(O)CCC2C3CCC4=CC(=O)CCC4=C3C(c3ccc(N(C)C)cc3)CC21C. The molecule has 4 unspecified atom stereocenters. The molecule has 4 aliphatic rings. The van der Waals surface area contributed by atoms with Crippen molar-refractivity contribution in [1.29, 1.82) is 0 Å².